The lowest BCUT2D eigenvalue weighted by Gasteiger charge is -2.36. The first-order chi connectivity index (χ1) is 16.8. The van der Waals surface area contributed by atoms with Crippen molar-refractivity contribution in [2.75, 3.05) is 39.2 Å². The Balaban J connectivity index is 1.92. The first-order valence-corrected chi connectivity index (χ1v) is 12.4. The highest BCUT2D eigenvalue weighted by molar-refractivity contribution is 5.98. The van der Waals surface area contributed by atoms with E-state index in [1.807, 2.05) is 13.0 Å². The highest BCUT2D eigenvalue weighted by Gasteiger charge is 2.28. The molecule has 7 heteroatoms. The Bertz CT molecular complexity index is 981. The monoisotopic (exact) mass is 481 g/mol. The Morgan fingerprint density at radius 2 is 1.89 bits per heavy atom. The molecule has 0 spiro atoms. The number of hydrogen-bond donors (Lipinski definition) is 1. The molecular weight excluding hydrogens is 442 g/mol. The first-order valence-electron chi connectivity index (χ1n) is 12.4. The summed E-state index contributed by atoms with van der Waals surface area (Å²) in [4.78, 5) is 29.6. The normalized spacial score (nSPS) is 21.9. The molecular formula is C28H39N3O4. The second-order valence-corrected chi connectivity index (χ2v) is 9.52. The molecule has 0 unspecified atom stereocenters. The van der Waals surface area contributed by atoms with Crippen LogP contribution in [0.4, 0.5) is 5.69 Å². The van der Waals surface area contributed by atoms with E-state index in [-0.39, 0.29) is 29.9 Å². The average Bonchev–Trinajstić information content (AvgIpc) is 2.85. The maximum absolute atomic E-state index is 13.3. The van der Waals surface area contributed by atoms with E-state index in [0.717, 1.165) is 19.5 Å². The van der Waals surface area contributed by atoms with Gasteiger partial charge in [-0.25, -0.2) is 0 Å². The van der Waals surface area contributed by atoms with Crippen LogP contribution in [0.25, 0.3) is 0 Å². The lowest BCUT2D eigenvalue weighted by atomic mass is 10.0. The van der Waals surface area contributed by atoms with E-state index in [1.54, 1.807) is 37.3 Å². The zero-order valence-corrected chi connectivity index (χ0v) is 21.6. The van der Waals surface area contributed by atoms with Gasteiger partial charge in [-0.3, -0.25) is 14.5 Å². The van der Waals surface area contributed by atoms with Gasteiger partial charge < -0.3 is 19.7 Å². The van der Waals surface area contributed by atoms with E-state index >= 15 is 0 Å². The summed E-state index contributed by atoms with van der Waals surface area (Å²) < 4.78 is 12.1. The molecule has 3 atom stereocenters. The fraction of sp³-hybridized carbons (Fsp3) is 0.500. The molecule has 2 amide bonds. The van der Waals surface area contributed by atoms with Gasteiger partial charge in [-0.15, -0.1) is 0 Å². The van der Waals surface area contributed by atoms with Gasteiger partial charge in [0, 0.05) is 58.0 Å². The molecule has 190 valence electrons. The number of amides is 2. The molecule has 0 radical (unpaired) electrons. The van der Waals surface area contributed by atoms with Crippen molar-refractivity contribution in [1.29, 1.82) is 0 Å². The summed E-state index contributed by atoms with van der Waals surface area (Å²) in [5.41, 5.74) is 2.34. The van der Waals surface area contributed by atoms with Crippen LogP contribution >= 0.6 is 0 Å². The Kier molecular flexibility index (Phi) is 9.69. The molecule has 1 aliphatic rings. The molecule has 1 heterocycles. The zero-order chi connectivity index (χ0) is 25.4. The van der Waals surface area contributed by atoms with E-state index in [0.29, 0.717) is 36.6 Å². The third kappa shape index (κ3) is 7.29. The topological polar surface area (TPSA) is 71.1 Å². The van der Waals surface area contributed by atoms with Gasteiger partial charge in [-0.2, -0.15) is 0 Å². The lowest BCUT2D eigenvalue weighted by molar-refractivity contribution is -0.116. The number of rotatable bonds is 6. The van der Waals surface area contributed by atoms with Crippen LogP contribution in [0.1, 0.15) is 49.5 Å². The Labute approximate surface area is 209 Å². The molecule has 0 aliphatic carbocycles. The van der Waals surface area contributed by atoms with E-state index in [2.05, 4.69) is 48.3 Å². The van der Waals surface area contributed by atoms with Crippen LogP contribution in [0, 0.1) is 5.92 Å². The van der Waals surface area contributed by atoms with Crippen molar-refractivity contribution in [3.8, 4) is 5.75 Å². The smallest absolute Gasteiger partial charge is 0.257 e. The molecule has 2 aromatic carbocycles. The number of nitrogens with one attached hydrogen (secondary N) is 1. The van der Waals surface area contributed by atoms with E-state index in [9.17, 15) is 9.59 Å². The van der Waals surface area contributed by atoms with Gasteiger partial charge in [0.1, 0.15) is 12.4 Å². The van der Waals surface area contributed by atoms with Gasteiger partial charge in [0.05, 0.1) is 11.7 Å². The van der Waals surface area contributed by atoms with Crippen molar-refractivity contribution in [3.63, 3.8) is 0 Å². The zero-order valence-electron chi connectivity index (χ0n) is 21.6. The largest absolute Gasteiger partial charge is 0.491 e. The summed E-state index contributed by atoms with van der Waals surface area (Å²) in [6.45, 7) is 8.76. The molecule has 0 saturated heterocycles. The van der Waals surface area contributed by atoms with Crippen LogP contribution in [0.5, 0.6) is 5.75 Å². The van der Waals surface area contributed by atoms with Gasteiger partial charge in [0.15, 0.2) is 0 Å². The van der Waals surface area contributed by atoms with Crippen molar-refractivity contribution in [3.05, 3.63) is 59.7 Å². The van der Waals surface area contributed by atoms with E-state index in [4.69, 9.17) is 9.47 Å². The molecule has 3 rings (SSSR count). The molecule has 0 saturated carbocycles. The van der Waals surface area contributed by atoms with Crippen molar-refractivity contribution in [1.82, 2.24) is 9.80 Å². The maximum atomic E-state index is 13.3. The molecule has 1 N–H and O–H groups in total. The first kappa shape index (κ1) is 26.7. The minimum absolute atomic E-state index is 0.0524. The van der Waals surface area contributed by atoms with Crippen LogP contribution in [0.15, 0.2) is 48.5 Å². The number of methoxy groups -OCH3 is 1. The van der Waals surface area contributed by atoms with Crippen molar-refractivity contribution < 1.29 is 19.1 Å². The second-order valence-electron chi connectivity index (χ2n) is 9.52. The van der Waals surface area contributed by atoms with E-state index < -0.39 is 0 Å². The van der Waals surface area contributed by atoms with Gasteiger partial charge in [0.2, 0.25) is 5.91 Å². The Morgan fingerprint density at radius 3 is 2.57 bits per heavy atom. The quantitative estimate of drug-likeness (QED) is 0.661. The van der Waals surface area contributed by atoms with Crippen LogP contribution in [0.3, 0.4) is 0 Å². The number of hydrogen-bond acceptors (Lipinski definition) is 5. The lowest BCUT2D eigenvalue weighted by Crippen LogP contribution is -2.46. The van der Waals surface area contributed by atoms with Gasteiger partial charge in [0.25, 0.3) is 5.91 Å². The fourth-order valence-corrected chi connectivity index (χ4v) is 4.41. The molecule has 0 fully saturated rings. The average molecular weight is 482 g/mol. The summed E-state index contributed by atoms with van der Waals surface area (Å²) in [6.07, 6.45) is 1.11. The molecule has 0 aromatic heterocycles. The number of benzene rings is 2. The van der Waals surface area contributed by atoms with Gasteiger partial charge >= 0.3 is 0 Å². The maximum Gasteiger partial charge on any atom is 0.257 e. The molecule has 0 bridgehead atoms. The molecule has 7 nitrogen and oxygen atoms in total. The predicted octanol–water partition coefficient (Wildman–Crippen LogP) is 4.43. The minimum Gasteiger partial charge on any atom is -0.491 e. The number of anilines is 1. The molecule has 35 heavy (non-hydrogen) atoms. The van der Waals surface area contributed by atoms with Crippen molar-refractivity contribution in [2.45, 2.75) is 52.3 Å². The summed E-state index contributed by atoms with van der Waals surface area (Å²) in [5, 5.41) is 2.91. The van der Waals surface area contributed by atoms with Gasteiger partial charge in [-0.1, -0.05) is 44.2 Å². The summed E-state index contributed by atoms with van der Waals surface area (Å²) >= 11 is 0. The molecule has 1 aliphatic heterocycles. The van der Waals surface area contributed by atoms with Crippen LogP contribution in [-0.4, -0.2) is 67.6 Å². The second kappa shape index (κ2) is 12.7. The number of nitrogens with zero attached hydrogens (tertiary/aromatic N) is 2. The third-order valence-corrected chi connectivity index (χ3v) is 6.57. The number of carbonyl (C=O) groups is 2. The number of ether oxygens (including phenoxy) is 2. The number of carbonyl (C=O) groups excluding carboxylic acids is 2. The fourth-order valence-electron chi connectivity index (χ4n) is 4.41. The summed E-state index contributed by atoms with van der Waals surface area (Å²) in [6, 6.07) is 15.7. The third-order valence-electron chi connectivity index (χ3n) is 6.57. The van der Waals surface area contributed by atoms with E-state index in [1.165, 1.54) is 5.56 Å². The Morgan fingerprint density at radius 1 is 1.14 bits per heavy atom. The van der Waals surface area contributed by atoms with Crippen LogP contribution < -0.4 is 10.1 Å². The minimum atomic E-state index is -0.130. The van der Waals surface area contributed by atoms with Crippen molar-refractivity contribution >= 4 is 17.5 Å². The standard InChI is InChI=1S/C28H39N3O4/c1-6-10-27(32)29-23-13-14-24-25(15-23)35-19-21(3)31(17-22-11-8-7-9-12-22)16-20(2)26(34-5)18-30(4)28(24)33/h7-9,11-15,20-21,26H,6,10,16-19H2,1-5H3,(H,29,32)/t20-,21-,26+/m0/s1. The van der Waals surface area contributed by atoms with Crippen LogP contribution in [0.2, 0.25) is 0 Å². The van der Waals surface area contributed by atoms with Crippen LogP contribution in [-0.2, 0) is 16.1 Å². The van der Waals surface area contributed by atoms with Gasteiger partial charge in [-0.05, 0) is 37.0 Å². The molecule has 2 aromatic rings. The van der Waals surface area contributed by atoms with Crippen molar-refractivity contribution in [2.24, 2.45) is 5.92 Å². The number of fused-ring (bicyclic) bond motifs is 1. The highest BCUT2D eigenvalue weighted by atomic mass is 16.5. The Hall–Kier alpha value is -2.90. The highest BCUT2D eigenvalue weighted by Crippen LogP contribution is 2.27. The number of likely N-dealkylation sites (N-methyl/N-ethyl adjacent to an activating group) is 1. The SMILES string of the molecule is CCCC(=O)Nc1ccc2c(c1)OC[C@H](C)N(Cc1ccccc1)C[C@H](C)[C@H](OC)CN(C)C2=O. The predicted molar refractivity (Wildman–Crippen MR) is 139 cm³/mol. The summed E-state index contributed by atoms with van der Waals surface area (Å²) in [7, 11) is 3.50. The summed E-state index contributed by atoms with van der Waals surface area (Å²) in [5.74, 6) is 0.500.